The Bertz CT molecular complexity index is 299. The van der Waals surface area contributed by atoms with Crippen molar-refractivity contribution in [2.24, 2.45) is 10.9 Å². The van der Waals surface area contributed by atoms with Crippen molar-refractivity contribution in [2.45, 2.75) is 0 Å². The van der Waals surface area contributed by atoms with E-state index in [9.17, 15) is 13.2 Å². The molecule has 1 rings (SSSR count). The fourth-order valence-corrected chi connectivity index (χ4v) is 0.736. The van der Waals surface area contributed by atoms with E-state index in [1.54, 1.807) is 0 Å². The fraction of sp³-hybridized carbons (Fsp3) is 0. The van der Waals surface area contributed by atoms with E-state index in [0.29, 0.717) is 0 Å². The van der Waals surface area contributed by atoms with Gasteiger partial charge in [-0.2, -0.15) is 5.10 Å². The van der Waals surface area contributed by atoms with Crippen LogP contribution in [0.1, 0.15) is 5.56 Å². The topological polar surface area (TPSA) is 38.4 Å². The molecule has 0 amide bonds. The standard InChI is InChI=1S/C7H5F3N2/c8-5-1-4(3-12-11)2-6(9)7(5)10/h1-3H,11H2. The van der Waals surface area contributed by atoms with Gasteiger partial charge in [-0.25, -0.2) is 13.2 Å². The summed E-state index contributed by atoms with van der Waals surface area (Å²) in [4.78, 5) is 0. The largest absolute Gasteiger partial charge is 0.323 e. The van der Waals surface area contributed by atoms with E-state index in [1.807, 2.05) is 0 Å². The average molecular weight is 174 g/mol. The fourth-order valence-electron chi connectivity index (χ4n) is 0.736. The molecule has 0 atom stereocenters. The van der Waals surface area contributed by atoms with Crippen LogP contribution in [0.2, 0.25) is 0 Å². The summed E-state index contributed by atoms with van der Waals surface area (Å²) in [5.41, 5.74) is 0.0777. The SMILES string of the molecule is NN=Cc1cc(F)c(F)c(F)c1. The lowest BCUT2D eigenvalue weighted by molar-refractivity contribution is 0.447. The van der Waals surface area contributed by atoms with Gasteiger partial charge in [0.15, 0.2) is 17.5 Å². The molecule has 0 saturated heterocycles. The molecule has 0 aromatic heterocycles. The van der Waals surface area contributed by atoms with E-state index >= 15 is 0 Å². The number of hydrazone groups is 1. The maximum Gasteiger partial charge on any atom is 0.194 e. The minimum Gasteiger partial charge on any atom is -0.323 e. The maximum absolute atomic E-state index is 12.4. The van der Waals surface area contributed by atoms with E-state index < -0.39 is 17.5 Å². The third-order valence-corrected chi connectivity index (χ3v) is 1.23. The van der Waals surface area contributed by atoms with Crippen molar-refractivity contribution < 1.29 is 13.2 Å². The molecular weight excluding hydrogens is 169 g/mol. The Morgan fingerprint density at radius 3 is 2.08 bits per heavy atom. The maximum atomic E-state index is 12.4. The van der Waals surface area contributed by atoms with E-state index in [-0.39, 0.29) is 5.56 Å². The number of hydrogen-bond donors (Lipinski definition) is 1. The zero-order valence-corrected chi connectivity index (χ0v) is 5.89. The van der Waals surface area contributed by atoms with Gasteiger partial charge in [-0.3, -0.25) is 0 Å². The molecule has 1 aromatic carbocycles. The molecule has 5 heteroatoms. The van der Waals surface area contributed by atoms with Crippen LogP contribution in [-0.4, -0.2) is 6.21 Å². The Labute approximate surface area is 66.5 Å². The number of nitrogens with zero attached hydrogens (tertiary/aromatic N) is 1. The van der Waals surface area contributed by atoms with Crippen LogP contribution in [0.3, 0.4) is 0 Å². The van der Waals surface area contributed by atoms with Crippen molar-refractivity contribution in [3.63, 3.8) is 0 Å². The van der Waals surface area contributed by atoms with Crippen LogP contribution >= 0.6 is 0 Å². The summed E-state index contributed by atoms with van der Waals surface area (Å²) in [6.07, 6.45) is 1.02. The minimum absolute atomic E-state index is 0.0777. The number of rotatable bonds is 1. The Kier molecular flexibility index (Phi) is 2.32. The van der Waals surface area contributed by atoms with Crippen molar-refractivity contribution in [3.05, 3.63) is 35.1 Å². The van der Waals surface area contributed by atoms with Crippen LogP contribution in [0.5, 0.6) is 0 Å². The van der Waals surface area contributed by atoms with Gasteiger partial charge >= 0.3 is 0 Å². The molecule has 0 bridgehead atoms. The van der Waals surface area contributed by atoms with Crippen molar-refractivity contribution in [1.29, 1.82) is 0 Å². The molecule has 0 fully saturated rings. The molecule has 2 nitrogen and oxygen atoms in total. The second kappa shape index (κ2) is 3.25. The molecule has 0 aliphatic heterocycles. The lowest BCUT2D eigenvalue weighted by atomic mass is 10.2. The second-order valence-corrected chi connectivity index (χ2v) is 2.08. The molecule has 64 valence electrons. The Morgan fingerprint density at radius 1 is 1.17 bits per heavy atom. The summed E-state index contributed by atoms with van der Waals surface area (Å²) >= 11 is 0. The first-order valence-corrected chi connectivity index (χ1v) is 3.03. The summed E-state index contributed by atoms with van der Waals surface area (Å²) in [6.45, 7) is 0. The van der Waals surface area contributed by atoms with Gasteiger partial charge < -0.3 is 5.84 Å². The van der Waals surface area contributed by atoms with Crippen LogP contribution in [0.4, 0.5) is 13.2 Å². The van der Waals surface area contributed by atoms with Crippen LogP contribution in [0, 0.1) is 17.5 Å². The third kappa shape index (κ3) is 1.55. The zero-order chi connectivity index (χ0) is 9.14. The van der Waals surface area contributed by atoms with Crippen LogP contribution < -0.4 is 5.84 Å². The smallest absolute Gasteiger partial charge is 0.194 e. The molecule has 1 aromatic rings. The number of nitrogens with two attached hydrogens (primary N) is 1. The van der Waals surface area contributed by atoms with Gasteiger partial charge in [-0.15, -0.1) is 0 Å². The summed E-state index contributed by atoms with van der Waals surface area (Å²) in [5.74, 6) is 0.715. The van der Waals surface area contributed by atoms with Crippen molar-refractivity contribution in [2.75, 3.05) is 0 Å². The quantitative estimate of drug-likeness (QED) is 0.297. The van der Waals surface area contributed by atoms with E-state index in [1.165, 1.54) is 0 Å². The van der Waals surface area contributed by atoms with Gasteiger partial charge in [0.1, 0.15) is 0 Å². The van der Waals surface area contributed by atoms with E-state index in [0.717, 1.165) is 18.3 Å². The number of halogens is 3. The molecular formula is C7H5F3N2. The highest BCUT2D eigenvalue weighted by Crippen LogP contribution is 2.11. The van der Waals surface area contributed by atoms with Crippen LogP contribution in [0.25, 0.3) is 0 Å². The van der Waals surface area contributed by atoms with Crippen molar-refractivity contribution >= 4 is 6.21 Å². The highest BCUT2D eigenvalue weighted by molar-refractivity contribution is 5.79. The zero-order valence-electron chi connectivity index (χ0n) is 5.89. The summed E-state index contributed by atoms with van der Waals surface area (Å²) < 4.78 is 37.2. The Hall–Kier alpha value is -1.52. The molecule has 0 unspecified atom stereocenters. The highest BCUT2D eigenvalue weighted by Gasteiger charge is 2.08. The van der Waals surface area contributed by atoms with Gasteiger partial charge in [0.25, 0.3) is 0 Å². The molecule has 0 radical (unpaired) electrons. The van der Waals surface area contributed by atoms with Gasteiger partial charge in [-0.1, -0.05) is 0 Å². The van der Waals surface area contributed by atoms with Crippen molar-refractivity contribution in [3.8, 4) is 0 Å². The van der Waals surface area contributed by atoms with Crippen molar-refractivity contribution in [1.82, 2.24) is 0 Å². The van der Waals surface area contributed by atoms with Gasteiger partial charge in [0.05, 0.1) is 6.21 Å². The lowest BCUT2D eigenvalue weighted by Crippen LogP contribution is -1.94. The average Bonchev–Trinajstić information content (AvgIpc) is 2.01. The predicted octanol–water partition coefficient (Wildman–Crippen LogP) is 1.40. The minimum atomic E-state index is -1.50. The Morgan fingerprint density at radius 2 is 1.67 bits per heavy atom. The monoisotopic (exact) mass is 174 g/mol. The highest BCUT2D eigenvalue weighted by atomic mass is 19.2. The molecule has 0 spiro atoms. The van der Waals surface area contributed by atoms with Gasteiger partial charge in [0, 0.05) is 5.56 Å². The van der Waals surface area contributed by atoms with Crippen LogP contribution in [-0.2, 0) is 0 Å². The Balaban J connectivity index is 3.21. The first-order chi connectivity index (χ1) is 5.65. The molecule has 2 N–H and O–H groups in total. The number of hydrogen-bond acceptors (Lipinski definition) is 2. The van der Waals surface area contributed by atoms with Gasteiger partial charge in [0.2, 0.25) is 0 Å². The third-order valence-electron chi connectivity index (χ3n) is 1.23. The van der Waals surface area contributed by atoms with Gasteiger partial charge in [-0.05, 0) is 12.1 Å². The number of benzene rings is 1. The summed E-state index contributed by atoms with van der Waals surface area (Å²) in [6, 6.07) is 1.60. The molecule has 0 aliphatic rings. The summed E-state index contributed by atoms with van der Waals surface area (Å²) in [5, 5.41) is 3.04. The lowest BCUT2D eigenvalue weighted by Gasteiger charge is -1.96. The van der Waals surface area contributed by atoms with Crippen LogP contribution in [0.15, 0.2) is 17.2 Å². The normalized spacial score (nSPS) is 10.9. The second-order valence-electron chi connectivity index (χ2n) is 2.08. The molecule has 0 saturated carbocycles. The molecule has 0 aliphatic carbocycles. The van der Waals surface area contributed by atoms with E-state index in [4.69, 9.17) is 5.84 Å². The predicted molar refractivity (Wildman–Crippen MR) is 38.1 cm³/mol. The van der Waals surface area contributed by atoms with E-state index in [2.05, 4.69) is 5.10 Å². The first-order valence-electron chi connectivity index (χ1n) is 3.03. The first kappa shape index (κ1) is 8.58. The molecule has 0 heterocycles. The molecule has 12 heavy (non-hydrogen) atoms. The summed E-state index contributed by atoms with van der Waals surface area (Å²) in [7, 11) is 0.